The summed E-state index contributed by atoms with van der Waals surface area (Å²) in [6, 6.07) is 13.1. The zero-order chi connectivity index (χ0) is 16.7. The maximum absolute atomic E-state index is 10.6. The summed E-state index contributed by atoms with van der Waals surface area (Å²) in [6.07, 6.45) is -0.519. The van der Waals surface area contributed by atoms with Gasteiger partial charge >= 0.3 is 0 Å². The molecule has 1 aromatic heterocycles. The van der Waals surface area contributed by atoms with Crippen LogP contribution in [0.2, 0.25) is 0 Å². The predicted octanol–water partition coefficient (Wildman–Crippen LogP) is 2.43. The molecule has 0 saturated carbocycles. The summed E-state index contributed by atoms with van der Waals surface area (Å²) in [5.41, 5.74) is 8.26. The van der Waals surface area contributed by atoms with E-state index in [4.69, 9.17) is 10.5 Å². The Morgan fingerprint density at radius 2 is 2.08 bits per heavy atom. The summed E-state index contributed by atoms with van der Waals surface area (Å²) < 4.78 is 7.39. The normalized spacial score (nSPS) is 16.4. The molecule has 4 rings (SSSR count). The van der Waals surface area contributed by atoms with Crippen LogP contribution in [0.4, 0.5) is 5.95 Å². The molecule has 0 spiro atoms. The molecule has 0 saturated heterocycles. The zero-order valence-electron chi connectivity index (χ0n) is 13.1. The number of benzene rings is 2. The van der Waals surface area contributed by atoms with Crippen LogP contribution in [0, 0.1) is 0 Å². The average molecular weight is 323 g/mol. The highest BCUT2D eigenvalue weighted by Gasteiger charge is 2.27. The average Bonchev–Trinajstić information content (AvgIpc) is 2.94. The van der Waals surface area contributed by atoms with E-state index in [1.54, 1.807) is 6.07 Å². The summed E-state index contributed by atoms with van der Waals surface area (Å²) in [5.74, 6) is 1.33. The van der Waals surface area contributed by atoms with Gasteiger partial charge in [-0.2, -0.15) is 0 Å². The largest absolute Gasteiger partial charge is 0.504 e. The van der Waals surface area contributed by atoms with Crippen LogP contribution in [-0.2, 0) is 0 Å². The van der Waals surface area contributed by atoms with Crippen molar-refractivity contribution in [1.29, 1.82) is 0 Å². The van der Waals surface area contributed by atoms with Crippen LogP contribution in [0.1, 0.15) is 18.7 Å². The number of nitrogens with two attached hydrogens (primary N) is 1. The van der Waals surface area contributed by atoms with Gasteiger partial charge in [-0.1, -0.05) is 24.3 Å². The quantitative estimate of drug-likeness (QED) is 0.688. The molecule has 0 unspecified atom stereocenters. The number of phenols is 1. The number of aliphatic imine (C=N–C) groups is 1. The molecule has 0 radical (unpaired) electrons. The Bertz CT molecular complexity index is 947. The third kappa shape index (κ3) is 2.13. The summed E-state index contributed by atoms with van der Waals surface area (Å²) >= 11 is 0. The lowest BCUT2D eigenvalue weighted by Crippen LogP contribution is -2.31. The molecule has 7 nitrogen and oxygen atoms in total. The molecule has 7 heteroatoms. The fourth-order valence-corrected chi connectivity index (χ4v) is 2.94. The van der Waals surface area contributed by atoms with E-state index in [1.807, 2.05) is 47.9 Å². The number of imidazole rings is 1. The molecular weight excluding hydrogens is 306 g/mol. The maximum Gasteiger partial charge on any atom is 0.212 e. The second-order valence-corrected chi connectivity index (χ2v) is 5.43. The number of hydrogen-bond donors (Lipinski definition) is 3. The molecular formula is C17H17N5O2. The van der Waals surface area contributed by atoms with Crippen molar-refractivity contribution in [2.24, 2.45) is 10.7 Å². The van der Waals surface area contributed by atoms with Gasteiger partial charge in [0.2, 0.25) is 5.95 Å². The number of aromatic nitrogens is 2. The van der Waals surface area contributed by atoms with Crippen molar-refractivity contribution in [3.05, 3.63) is 48.0 Å². The van der Waals surface area contributed by atoms with Crippen molar-refractivity contribution >= 4 is 22.9 Å². The molecule has 122 valence electrons. The number of hydrogen-bond acceptors (Lipinski definition) is 6. The number of anilines is 1. The predicted molar refractivity (Wildman–Crippen MR) is 92.4 cm³/mol. The van der Waals surface area contributed by atoms with Crippen molar-refractivity contribution in [3.63, 3.8) is 0 Å². The maximum atomic E-state index is 10.6. The fourth-order valence-electron chi connectivity index (χ4n) is 2.94. The Morgan fingerprint density at radius 1 is 1.25 bits per heavy atom. The van der Waals surface area contributed by atoms with Gasteiger partial charge in [0.15, 0.2) is 23.6 Å². The minimum Gasteiger partial charge on any atom is -0.504 e. The van der Waals surface area contributed by atoms with Gasteiger partial charge in [0, 0.05) is 5.56 Å². The molecule has 4 N–H and O–H groups in total. The molecule has 0 amide bonds. The second kappa shape index (κ2) is 5.45. The number of phenolic OH excluding ortho intramolecular Hbond substituents is 1. The van der Waals surface area contributed by atoms with E-state index < -0.39 is 6.17 Å². The van der Waals surface area contributed by atoms with Gasteiger partial charge in [0.25, 0.3) is 0 Å². The third-order valence-electron chi connectivity index (χ3n) is 3.95. The van der Waals surface area contributed by atoms with Crippen molar-refractivity contribution < 1.29 is 9.84 Å². The lowest BCUT2D eigenvalue weighted by molar-refractivity contribution is 0.315. The van der Waals surface area contributed by atoms with Crippen LogP contribution in [-0.4, -0.2) is 27.2 Å². The molecule has 1 atom stereocenters. The Kier molecular flexibility index (Phi) is 3.26. The minimum atomic E-state index is -0.519. The van der Waals surface area contributed by atoms with E-state index in [9.17, 15) is 5.11 Å². The lowest BCUT2D eigenvalue weighted by atomic mass is 10.1. The van der Waals surface area contributed by atoms with Crippen molar-refractivity contribution in [3.8, 4) is 11.5 Å². The number of rotatable bonds is 3. The van der Waals surface area contributed by atoms with Crippen LogP contribution in [0.25, 0.3) is 11.0 Å². The van der Waals surface area contributed by atoms with E-state index in [1.165, 1.54) is 0 Å². The lowest BCUT2D eigenvalue weighted by Gasteiger charge is -2.24. The van der Waals surface area contributed by atoms with Gasteiger partial charge in [-0.3, -0.25) is 9.88 Å². The number of nitrogens with one attached hydrogen (secondary N) is 1. The number of aromatic hydroxyl groups is 1. The van der Waals surface area contributed by atoms with Crippen LogP contribution in [0.3, 0.4) is 0 Å². The molecule has 0 fully saturated rings. The minimum absolute atomic E-state index is 0.0616. The highest BCUT2D eigenvalue weighted by molar-refractivity contribution is 5.94. The molecule has 24 heavy (non-hydrogen) atoms. The van der Waals surface area contributed by atoms with Crippen molar-refractivity contribution in [1.82, 2.24) is 9.55 Å². The summed E-state index contributed by atoms with van der Waals surface area (Å²) in [4.78, 5) is 9.01. The van der Waals surface area contributed by atoms with Crippen molar-refractivity contribution in [2.75, 3.05) is 11.9 Å². The molecule has 2 aromatic carbocycles. The first-order valence-electron chi connectivity index (χ1n) is 7.71. The van der Waals surface area contributed by atoms with E-state index in [0.29, 0.717) is 23.9 Å². The van der Waals surface area contributed by atoms with Gasteiger partial charge < -0.3 is 15.6 Å². The second-order valence-electron chi connectivity index (χ2n) is 5.43. The van der Waals surface area contributed by atoms with Gasteiger partial charge in [-0.05, 0) is 25.1 Å². The SMILES string of the molecule is CCOc1cccc([C@H]2N=C(N)Nc3nc4ccccc4n32)c1O. The molecule has 0 bridgehead atoms. The Balaban J connectivity index is 1.93. The third-order valence-corrected chi connectivity index (χ3v) is 3.95. The first kappa shape index (κ1) is 14.4. The van der Waals surface area contributed by atoms with Gasteiger partial charge in [-0.25, -0.2) is 9.98 Å². The van der Waals surface area contributed by atoms with E-state index >= 15 is 0 Å². The first-order valence-corrected chi connectivity index (χ1v) is 7.71. The number of nitrogens with zero attached hydrogens (tertiary/aromatic N) is 3. The molecule has 1 aliphatic heterocycles. The molecule has 3 aromatic rings. The standard InChI is InChI=1S/C17H17N5O2/c1-2-24-13-9-5-6-10(14(13)23)15-20-16(18)21-17-19-11-7-3-4-8-12(11)22(15)17/h3-9,15,23H,2H2,1H3,(H3,18,19,20,21)/t15-/m0/s1. The topological polar surface area (TPSA) is 97.7 Å². The Labute approximate surface area is 138 Å². The summed E-state index contributed by atoms with van der Waals surface area (Å²) in [7, 11) is 0. The van der Waals surface area contributed by atoms with Crippen molar-refractivity contribution in [2.45, 2.75) is 13.1 Å². The smallest absolute Gasteiger partial charge is 0.212 e. The first-order chi connectivity index (χ1) is 11.7. The zero-order valence-corrected chi connectivity index (χ0v) is 13.1. The van der Waals surface area contributed by atoms with Gasteiger partial charge in [0.05, 0.1) is 17.6 Å². The monoisotopic (exact) mass is 323 g/mol. The highest BCUT2D eigenvalue weighted by Crippen LogP contribution is 2.39. The molecule has 1 aliphatic rings. The van der Waals surface area contributed by atoms with Gasteiger partial charge in [0.1, 0.15) is 0 Å². The van der Waals surface area contributed by atoms with Gasteiger partial charge in [-0.15, -0.1) is 0 Å². The number of fused-ring (bicyclic) bond motifs is 3. The molecule has 0 aliphatic carbocycles. The summed E-state index contributed by atoms with van der Waals surface area (Å²) in [5, 5.41) is 13.6. The van der Waals surface area contributed by atoms with Crippen LogP contribution >= 0.6 is 0 Å². The molecule has 2 heterocycles. The number of ether oxygens (including phenoxy) is 1. The van der Waals surface area contributed by atoms with Crippen LogP contribution in [0.5, 0.6) is 11.5 Å². The highest BCUT2D eigenvalue weighted by atomic mass is 16.5. The van der Waals surface area contributed by atoms with Crippen LogP contribution in [0.15, 0.2) is 47.5 Å². The Hall–Kier alpha value is -3.22. The Morgan fingerprint density at radius 3 is 2.92 bits per heavy atom. The van der Waals surface area contributed by atoms with E-state index in [0.717, 1.165) is 11.0 Å². The van der Waals surface area contributed by atoms with E-state index in [2.05, 4.69) is 15.3 Å². The number of para-hydroxylation sites is 3. The number of guanidine groups is 1. The van der Waals surface area contributed by atoms with E-state index in [-0.39, 0.29) is 11.7 Å². The fraction of sp³-hybridized carbons (Fsp3) is 0.176. The summed E-state index contributed by atoms with van der Waals surface area (Å²) in [6.45, 7) is 2.34. The van der Waals surface area contributed by atoms with Crippen LogP contribution < -0.4 is 15.8 Å².